The average Bonchev–Trinajstić information content (AvgIpc) is 3.19. The van der Waals surface area contributed by atoms with Gasteiger partial charge in [-0.05, 0) is 30.7 Å². The molecule has 0 amide bonds. The summed E-state index contributed by atoms with van der Waals surface area (Å²) in [6, 6.07) is 16.3. The SMILES string of the molecule is c1cncc(COc2ccccc2CN2CCOCC(Cc3ccc4nccn4n3)C2)c1. The van der Waals surface area contributed by atoms with Crippen LogP contribution in [0.3, 0.4) is 0 Å². The molecule has 0 N–H and O–H groups in total. The highest BCUT2D eigenvalue weighted by Crippen LogP contribution is 2.23. The monoisotopic (exact) mass is 429 g/mol. The fraction of sp³-hybridized carbons (Fsp3) is 0.320. The van der Waals surface area contributed by atoms with Crippen molar-refractivity contribution in [3.63, 3.8) is 0 Å². The van der Waals surface area contributed by atoms with Crippen molar-refractivity contribution in [3.05, 3.63) is 90.1 Å². The first-order valence-electron chi connectivity index (χ1n) is 11.0. The smallest absolute Gasteiger partial charge is 0.153 e. The van der Waals surface area contributed by atoms with Crippen LogP contribution in [-0.4, -0.2) is 50.8 Å². The highest BCUT2D eigenvalue weighted by molar-refractivity contribution is 5.36. The van der Waals surface area contributed by atoms with Crippen molar-refractivity contribution in [2.45, 2.75) is 19.6 Å². The summed E-state index contributed by atoms with van der Waals surface area (Å²) in [5.74, 6) is 1.31. The Morgan fingerprint density at radius 1 is 1.06 bits per heavy atom. The molecule has 32 heavy (non-hydrogen) atoms. The molecule has 1 aromatic carbocycles. The first kappa shape index (κ1) is 20.6. The highest BCUT2D eigenvalue weighted by Gasteiger charge is 2.21. The van der Waals surface area contributed by atoms with Crippen LogP contribution in [0.5, 0.6) is 5.75 Å². The van der Waals surface area contributed by atoms with Crippen molar-refractivity contribution >= 4 is 5.65 Å². The van der Waals surface area contributed by atoms with E-state index in [-0.39, 0.29) is 0 Å². The lowest BCUT2D eigenvalue weighted by Crippen LogP contribution is -2.30. The number of benzene rings is 1. The van der Waals surface area contributed by atoms with Crippen LogP contribution in [0.4, 0.5) is 0 Å². The van der Waals surface area contributed by atoms with Crippen LogP contribution in [0.2, 0.25) is 0 Å². The van der Waals surface area contributed by atoms with Gasteiger partial charge in [-0.25, -0.2) is 9.50 Å². The predicted octanol–water partition coefficient (Wildman–Crippen LogP) is 3.39. The zero-order chi connectivity index (χ0) is 21.6. The lowest BCUT2D eigenvalue weighted by atomic mass is 10.0. The summed E-state index contributed by atoms with van der Waals surface area (Å²) in [6.07, 6.45) is 8.16. The standard InChI is InChI=1S/C25H27N5O2/c1-2-6-24(32-19-20-4-3-9-26-15-20)22(5-1)17-29-12-13-31-18-21(16-29)14-23-7-8-25-27-10-11-30(25)28-23/h1-11,15,21H,12-14,16-19H2. The maximum absolute atomic E-state index is 6.14. The van der Waals surface area contributed by atoms with Crippen LogP contribution in [0.25, 0.3) is 5.65 Å². The fourth-order valence-corrected chi connectivity index (χ4v) is 4.14. The van der Waals surface area contributed by atoms with E-state index in [1.54, 1.807) is 12.4 Å². The maximum atomic E-state index is 6.14. The van der Waals surface area contributed by atoms with Gasteiger partial charge >= 0.3 is 0 Å². The summed E-state index contributed by atoms with van der Waals surface area (Å²) in [5.41, 5.74) is 4.18. The van der Waals surface area contributed by atoms with Crippen molar-refractivity contribution in [1.82, 2.24) is 24.5 Å². The molecule has 7 nitrogen and oxygen atoms in total. The molecule has 1 aliphatic rings. The quantitative estimate of drug-likeness (QED) is 0.449. The van der Waals surface area contributed by atoms with Crippen molar-refractivity contribution in [2.24, 2.45) is 5.92 Å². The molecule has 7 heteroatoms. The molecule has 1 fully saturated rings. The molecule has 1 unspecified atom stereocenters. The number of nitrogens with zero attached hydrogens (tertiary/aromatic N) is 5. The van der Waals surface area contributed by atoms with E-state index in [9.17, 15) is 0 Å². The van der Waals surface area contributed by atoms with Gasteiger partial charge in [0.05, 0.1) is 18.9 Å². The van der Waals surface area contributed by atoms with Gasteiger partial charge < -0.3 is 9.47 Å². The number of rotatable bonds is 7. The van der Waals surface area contributed by atoms with E-state index in [2.05, 4.69) is 33.1 Å². The van der Waals surface area contributed by atoms with Gasteiger partial charge in [0.25, 0.3) is 0 Å². The van der Waals surface area contributed by atoms with Crippen LogP contribution in [0.15, 0.2) is 73.3 Å². The summed E-state index contributed by atoms with van der Waals surface area (Å²) < 4.78 is 13.9. The topological polar surface area (TPSA) is 64.8 Å². The van der Waals surface area contributed by atoms with Crippen LogP contribution in [0.1, 0.15) is 16.8 Å². The maximum Gasteiger partial charge on any atom is 0.153 e. The summed E-state index contributed by atoms with van der Waals surface area (Å²) in [7, 11) is 0. The molecule has 0 saturated carbocycles. The number of hydrogen-bond acceptors (Lipinski definition) is 6. The second-order valence-corrected chi connectivity index (χ2v) is 8.19. The van der Waals surface area contributed by atoms with Gasteiger partial charge in [-0.3, -0.25) is 9.88 Å². The minimum atomic E-state index is 0.384. The van der Waals surface area contributed by atoms with Crippen LogP contribution in [-0.2, 0) is 24.3 Å². The molecule has 1 atom stereocenters. The number of hydrogen-bond donors (Lipinski definition) is 0. The molecular formula is C25H27N5O2. The first-order chi connectivity index (χ1) is 15.8. The van der Waals surface area contributed by atoms with E-state index in [1.807, 2.05) is 47.2 Å². The third-order valence-electron chi connectivity index (χ3n) is 5.71. The molecule has 3 aromatic heterocycles. The van der Waals surface area contributed by atoms with Gasteiger partial charge in [0, 0.05) is 61.5 Å². The van der Waals surface area contributed by atoms with Crippen molar-refractivity contribution in [3.8, 4) is 5.75 Å². The third kappa shape index (κ3) is 5.12. The number of pyridine rings is 1. The molecule has 5 rings (SSSR count). The summed E-state index contributed by atoms with van der Waals surface area (Å²) in [6.45, 7) is 4.69. The van der Waals surface area contributed by atoms with E-state index < -0.39 is 0 Å². The Kier molecular flexibility index (Phi) is 6.37. The molecule has 0 bridgehead atoms. The van der Waals surface area contributed by atoms with Crippen molar-refractivity contribution in [1.29, 1.82) is 0 Å². The summed E-state index contributed by atoms with van der Waals surface area (Å²) in [4.78, 5) is 10.9. The van der Waals surface area contributed by atoms with Gasteiger partial charge in [0.1, 0.15) is 12.4 Å². The minimum absolute atomic E-state index is 0.384. The lowest BCUT2D eigenvalue weighted by molar-refractivity contribution is 0.121. The van der Waals surface area contributed by atoms with Gasteiger partial charge in [-0.2, -0.15) is 5.10 Å². The highest BCUT2D eigenvalue weighted by atomic mass is 16.5. The van der Waals surface area contributed by atoms with E-state index >= 15 is 0 Å². The number of fused-ring (bicyclic) bond motifs is 1. The molecule has 0 aliphatic carbocycles. The molecule has 4 aromatic rings. The molecule has 1 aliphatic heterocycles. The lowest BCUT2D eigenvalue weighted by Gasteiger charge is -2.24. The Balaban J connectivity index is 1.24. The normalized spacial score (nSPS) is 17.3. The fourth-order valence-electron chi connectivity index (χ4n) is 4.14. The van der Waals surface area contributed by atoms with Crippen LogP contribution < -0.4 is 4.74 Å². The first-order valence-corrected chi connectivity index (χ1v) is 11.0. The van der Waals surface area contributed by atoms with Crippen molar-refractivity contribution in [2.75, 3.05) is 26.3 Å². The minimum Gasteiger partial charge on any atom is -0.489 e. The average molecular weight is 430 g/mol. The Morgan fingerprint density at radius 3 is 2.97 bits per heavy atom. The van der Waals surface area contributed by atoms with Gasteiger partial charge in [0.15, 0.2) is 5.65 Å². The molecule has 4 heterocycles. The molecule has 0 radical (unpaired) electrons. The number of imidazole rings is 1. The Labute approximate surface area is 187 Å². The van der Waals surface area contributed by atoms with Crippen LogP contribution in [0, 0.1) is 5.92 Å². The van der Waals surface area contributed by atoms with Gasteiger partial charge in [-0.1, -0.05) is 24.3 Å². The van der Waals surface area contributed by atoms with E-state index in [0.29, 0.717) is 12.5 Å². The second-order valence-electron chi connectivity index (χ2n) is 8.19. The van der Waals surface area contributed by atoms with Gasteiger partial charge in [-0.15, -0.1) is 0 Å². The number of aromatic nitrogens is 4. The summed E-state index contributed by atoms with van der Waals surface area (Å²) in [5, 5.41) is 4.69. The van der Waals surface area contributed by atoms with Crippen molar-refractivity contribution < 1.29 is 9.47 Å². The molecule has 1 saturated heterocycles. The zero-order valence-electron chi connectivity index (χ0n) is 18.0. The van der Waals surface area contributed by atoms with Crippen LogP contribution >= 0.6 is 0 Å². The Hall–Kier alpha value is -3.29. The van der Waals surface area contributed by atoms with E-state index in [1.165, 1.54) is 5.56 Å². The molecular weight excluding hydrogens is 402 g/mol. The van der Waals surface area contributed by atoms with E-state index in [0.717, 1.165) is 61.9 Å². The largest absolute Gasteiger partial charge is 0.489 e. The third-order valence-corrected chi connectivity index (χ3v) is 5.71. The molecule has 164 valence electrons. The Morgan fingerprint density at radius 2 is 2.03 bits per heavy atom. The Bertz CT molecular complexity index is 1150. The molecule has 0 spiro atoms. The van der Waals surface area contributed by atoms with E-state index in [4.69, 9.17) is 14.6 Å². The predicted molar refractivity (Wildman–Crippen MR) is 121 cm³/mol. The summed E-state index contributed by atoms with van der Waals surface area (Å²) >= 11 is 0. The number of ether oxygens (including phenoxy) is 2. The van der Waals surface area contributed by atoms with Gasteiger partial charge in [0.2, 0.25) is 0 Å². The second kappa shape index (κ2) is 9.89. The zero-order valence-corrected chi connectivity index (χ0v) is 18.0. The number of para-hydroxylation sites is 1.